The van der Waals surface area contributed by atoms with E-state index in [0.717, 1.165) is 65.7 Å². The molecule has 100 heavy (non-hydrogen) atoms. The lowest BCUT2D eigenvalue weighted by atomic mass is 9.92. The third-order valence-corrected chi connectivity index (χ3v) is 19.8. The molecule has 6 heteroatoms. The van der Waals surface area contributed by atoms with Crippen LogP contribution in [0, 0.1) is 0 Å². The number of benzene rings is 18. The number of hydrogen-bond donors (Lipinski definition) is 0. The van der Waals surface area contributed by atoms with Crippen LogP contribution in [0.15, 0.2) is 352 Å². The van der Waals surface area contributed by atoms with E-state index in [-0.39, 0.29) is 0 Å². The molecule has 0 bridgehead atoms. The zero-order valence-electron chi connectivity index (χ0n) is 54.2. The van der Waals surface area contributed by atoms with Crippen LogP contribution in [0.1, 0.15) is 0 Å². The number of fused-ring (bicyclic) bond motifs is 14. The van der Waals surface area contributed by atoms with Crippen LogP contribution in [0.5, 0.6) is 0 Å². The van der Waals surface area contributed by atoms with Crippen molar-refractivity contribution in [3.05, 3.63) is 352 Å². The van der Waals surface area contributed by atoms with Crippen molar-refractivity contribution in [2.45, 2.75) is 0 Å². The molecule has 0 aliphatic heterocycles. The Morgan fingerprint density at radius 2 is 0.390 bits per heavy atom. The molecule has 18 aromatic carbocycles. The van der Waals surface area contributed by atoms with Crippen LogP contribution in [0.25, 0.3) is 198 Å². The predicted octanol–water partition coefficient (Wildman–Crippen LogP) is 24.6. The molecule has 0 saturated heterocycles. The second-order valence-electron chi connectivity index (χ2n) is 25.6. The Bertz CT molecular complexity index is 6510. The molecule has 464 valence electrons. The van der Waals surface area contributed by atoms with Crippen LogP contribution < -0.4 is 0 Å². The van der Waals surface area contributed by atoms with Gasteiger partial charge in [0.25, 0.3) is 0 Å². The lowest BCUT2D eigenvalue weighted by Gasteiger charge is -2.14. The zero-order valence-corrected chi connectivity index (χ0v) is 54.2. The number of nitrogens with zero attached hydrogens (tertiary/aromatic N) is 6. The minimum Gasteiger partial charge on any atom is -0.208 e. The maximum absolute atomic E-state index is 5.19. The fourth-order valence-corrected chi connectivity index (χ4v) is 14.8. The molecule has 0 amide bonds. The summed E-state index contributed by atoms with van der Waals surface area (Å²) in [5, 5.41) is 24.4. The van der Waals surface area contributed by atoms with Crippen molar-refractivity contribution in [3.63, 3.8) is 0 Å². The summed E-state index contributed by atoms with van der Waals surface area (Å²) in [6, 6.07) is 125. The van der Waals surface area contributed by atoms with Crippen LogP contribution >= 0.6 is 0 Å². The molecule has 0 atom stereocenters. The van der Waals surface area contributed by atoms with Crippen LogP contribution in [0.3, 0.4) is 0 Å². The topological polar surface area (TPSA) is 77.3 Å². The third-order valence-electron chi connectivity index (χ3n) is 19.8. The van der Waals surface area contributed by atoms with Crippen LogP contribution in [-0.2, 0) is 0 Å². The highest BCUT2D eigenvalue weighted by atomic mass is 15.0. The van der Waals surface area contributed by atoms with Crippen LogP contribution in [0.2, 0.25) is 0 Å². The standard InChI is InChI=1S/C51H31N3.C43H27N3/c1-3-12-35-29-39(19-17-32(35)9-1)49-52-50(40-20-18-33-10-2-4-13-36(33)30-40)54-51(53-49)48-28-27-43(44-15-7-8-16-45(44)48)37-22-24-42-38(31-37)23-26-46-41-14-6-5-11-34(41)21-25-47(42)46;1-3-12-29(13-4-1)41-44-42(30-14-5-2-6-15-30)46-43(45-41)40-20-10-18-36-34(17-9-19-37(36)40)31-22-24-35-32(27-31)23-26-38-33-16-8-7-11-28(33)21-25-39(35)38/h1-31H;1-27H. The van der Waals surface area contributed by atoms with Gasteiger partial charge in [0.1, 0.15) is 0 Å². The van der Waals surface area contributed by atoms with E-state index in [1.54, 1.807) is 0 Å². The Morgan fingerprint density at radius 1 is 0.120 bits per heavy atom. The van der Waals surface area contributed by atoms with E-state index in [4.69, 9.17) is 29.9 Å². The summed E-state index contributed by atoms with van der Waals surface area (Å²) in [5.74, 6) is 3.93. The monoisotopic (exact) mass is 1270 g/mol. The van der Waals surface area contributed by atoms with Crippen molar-refractivity contribution < 1.29 is 0 Å². The highest BCUT2D eigenvalue weighted by Gasteiger charge is 2.20. The molecule has 0 aliphatic rings. The fraction of sp³-hybridized carbons (Fsp3) is 0. The Hall–Kier alpha value is -13.4. The van der Waals surface area contributed by atoms with Gasteiger partial charge in [-0.2, -0.15) is 0 Å². The van der Waals surface area contributed by atoms with Gasteiger partial charge in [0.05, 0.1) is 0 Å². The molecule has 0 unspecified atom stereocenters. The first-order valence-electron chi connectivity index (χ1n) is 33.9. The van der Waals surface area contributed by atoms with Crippen LogP contribution in [0.4, 0.5) is 0 Å². The van der Waals surface area contributed by atoms with Gasteiger partial charge in [-0.05, 0) is 160 Å². The maximum atomic E-state index is 5.19. The van der Waals surface area contributed by atoms with Crippen molar-refractivity contribution in [1.29, 1.82) is 0 Å². The molecule has 0 saturated carbocycles. The zero-order chi connectivity index (χ0) is 66.0. The Morgan fingerprint density at radius 3 is 0.850 bits per heavy atom. The van der Waals surface area contributed by atoms with E-state index in [2.05, 4.69) is 291 Å². The minimum absolute atomic E-state index is 0.649. The Labute approximate surface area is 576 Å². The smallest absolute Gasteiger partial charge is 0.164 e. The first kappa shape index (κ1) is 58.0. The molecule has 0 N–H and O–H groups in total. The summed E-state index contributed by atoms with van der Waals surface area (Å²) in [6.07, 6.45) is 0. The van der Waals surface area contributed by atoms with Crippen molar-refractivity contribution in [2.24, 2.45) is 0 Å². The van der Waals surface area contributed by atoms with E-state index in [0.29, 0.717) is 34.9 Å². The molecular formula is C94H58N6. The fourth-order valence-electron chi connectivity index (χ4n) is 14.8. The van der Waals surface area contributed by atoms with Gasteiger partial charge >= 0.3 is 0 Å². The summed E-state index contributed by atoms with van der Waals surface area (Å²) < 4.78 is 0. The molecule has 0 aliphatic carbocycles. The van der Waals surface area contributed by atoms with E-state index in [1.165, 1.54) is 97.7 Å². The minimum atomic E-state index is 0.649. The van der Waals surface area contributed by atoms with Crippen LogP contribution in [-0.4, -0.2) is 29.9 Å². The molecule has 2 heterocycles. The van der Waals surface area contributed by atoms with Gasteiger partial charge in [-0.1, -0.05) is 322 Å². The first-order chi connectivity index (χ1) is 49.5. The predicted molar refractivity (Wildman–Crippen MR) is 418 cm³/mol. The molecule has 6 nitrogen and oxygen atoms in total. The second-order valence-corrected chi connectivity index (χ2v) is 25.6. The number of aromatic nitrogens is 6. The van der Waals surface area contributed by atoms with Gasteiger partial charge in [-0.25, -0.2) is 29.9 Å². The van der Waals surface area contributed by atoms with E-state index >= 15 is 0 Å². The largest absolute Gasteiger partial charge is 0.208 e. The van der Waals surface area contributed by atoms with E-state index in [1.807, 2.05) is 60.7 Å². The molecule has 0 spiro atoms. The summed E-state index contributed by atoms with van der Waals surface area (Å²) in [7, 11) is 0. The summed E-state index contributed by atoms with van der Waals surface area (Å²) >= 11 is 0. The average Bonchev–Trinajstić information content (AvgIpc) is 0.761. The Balaban J connectivity index is 0.000000141. The van der Waals surface area contributed by atoms with E-state index in [9.17, 15) is 0 Å². The molecule has 20 aromatic rings. The van der Waals surface area contributed by atoms with Crippen molar-refractivity contribution >= 4 is 108 Å². The lowest BCUT2D eigenvalue weighted by molar-refractivity contribution is 1.08. The van der Waals surface area contributed by atoms with E-state index < -0.39 is 0 Å². The summed E-state index contributed by atoms with van der Waals surface area (Å²) in [4.78, 5) is 30.4. The highest BCUT2D eigenvalue weighted by molar-refractivity contribution is 6.20. The molecule has 0 radical (unpaired) electrons. The van der Waals surface area contributed by atoms with Gasteiger partial charge in [-0.15, -0.1) is 0 Å². The molecule has 0 fully saturated rings. The summed E-state index contributed by atoms with van der Waals surface area (Å²) in [6.45, 7) is 0. The van der Waals surface area contributed by atoms with Crippen molar-refractivity contribution in [2.75, 3.05) is 0 Å². The van der Waals surface area contributed by atoms with Crippen molar-refractivity contribution in [1.82, 2.24) is 29.9 Å². The lowest BCUT2D eigenvalue weighted by Crippen LogP contribution is -2.01. The quantitative estimate of drug-likeness (QED) is 0.141. The molecule has 2 aromatic heterocycles. The average molecular weight is 1270 g/mol. The molecular weight excluding hydrogens is 1210 g/mol. The Kier molecular flexibility index (Phi) is 14.1. The number of rotatable bonds is 8. The number of hydrogen-bond acceptors (Lipinski definition) is 6. The molecule has 20 rings (SSSR count). The van der Waals surface area contributed by atoms with Gasteiger partial charge in [0, 0.05) is 33.4 Å². The SMILES string of the molecule is c1ccc(-c2nc(-c3ccccc3)nc(-c3cccc4c(-c5ccc6c(ccc7c8ccccc8ccc67)c5)cccc34)n2)cc1.c1ccc2cc(-c3nc(-c4ccc5ccccc5c4)nc(-c4ccc(-c5ccc6c(ccc7c8ccccc8ccc67)c5)c5ccccc45)n3)ccc2c1. The van der Waals surface area contributed by atoms with Gasteiger partial charge in [0.15, 0.2) is 34.9 Å². The van der Waals surface area contributed by atoms with Gasteiger partial charge in [-0.3, -0.25) is 0 Å². The van der Waals surface area contributed by atoms with Crippen molar-refractivity contribution in [3.8, 4) is 90.6 Å². The maximum Gasteiger partial charge on any atom is 0.164 e. The van der Waals surface area contributed by atoms with Gasteiger partial charge in [0.2, 0.25) is 0 Å². The third kappa shape index (κ3) is 10.4. The summed E-state index contributed by atoms with van der Waals surface area (Å²) in [5.41, 5.74) is 10.5. The second kappa shape index (κ2) is 24.3. The van der Waals surface area contributed by atoms with Gasteiger partial charge < -0.3 is 0 Å². The highest BCUT2D eigenvalue weighted by Crippen LogP contribution is 2.42. The normalized spacial score (nSPS) is 11.6. The first-order valence-corrected chi connectivity index (χ1v) is 33.9.